The van der Waals surface area contributed by atoms with Crippen molar-refractivity contribution >= 4 is 15.9 Å². The summed E-state index contributed by atoms with van der Waals surface area (Å²) in [4.78, 5) is 11.0. The third-order valence-corrected chi connectivity index (χ3v) is 4.30. The lowest BCUT2D eigenvalue weighted by atomic mass is 10.2. The molecule has 1 amide bonds. The molecule has 0 aliphatic carbocycles. The molecule has 1 aromatic rings. The third-order valence-electron chi connectivity index (χ3n) is 2.83. The average Bonchev–Trinajstić information content (AvgIpc) is 2.43. The summed E-state index contributed by atoms with van der Waals surface area (Å²) in [5, 5.41) is 8.62. The van der Waals surface area contributed by atoms with Crippen LogP contribution in [0.5, 0.6) is 0 Å². The smallest absolute Gasteiger partial charge is 0.248 e. The average molecular weight is 300 g/mol. The predicted molar refractivity (Wildman–Crippen MR) is 75.7 cm³/mol. The first-order valence-corrected chi connectivity index (χ1v) is 7.96. The molecule has 0 bridgehead atoms. The number of aliphatic hydroxyl groups excluding tert-OH is 1. The van der Waals surface area contributed by atoms with E-state index in [0.29, 0.717) is 6.54 Å². The van der Waals surface area contributed by atoms with Gasteiger partial charge in [0.2, 0.25) is 15.9 Å². The van der Waals surface area contributed by atoms with Crippen LogP contribution in [0, 0.1) is 0 Å². The Labute approximate surface area is 119 Å². The number of hydrogen-bond acceptors (Lipinski definition) is 4. The Kier molecular flexibility index (Phi) is 6.63. The molecule has 6 nitrogen and oxygen atoms in total. The molecule has 112 valence electrons. The molecule has 0 heterocycles. The van der Waals surface area contributed by atoms with E-state index in [2.05, 4.69) is 4.72 Å². The standard InChI is InChI=1S/C13H20N2O4S/c14-13(17)11-5-7-12(8-6-11)20(18,19)15-9-3-1-2-4-10-16/h5-8,15-16H,1-4,9-10H2,(H2,14,17). The number of unbranched alkanes of at least 4 members (excludes halogenated alkanes) is 3. The normalized spacial score (nSPS) is 11.4. The molecular weight excluding hydrogens is 280 g/mol. The summed E-state index contributed by atoms with van der Waals surface area (Å²) in [7, 11) is -3.55. The maximum absolute atomic E-state index is 11.9. The van der Waals surface area contributed by atoms with Crippen molar-refractivity contribution in [1.29, 1.82) is 0 Å². The monoisotopic (exact) mass is 300 g/mol. The van der Waals surface area contributed by atoms with E-state index in [1.807, 2.05) is 0 Å². The van der Waals surface area contributed by atoms with Gasteiger partial charge in [0, 0.05) is 18.7 Å². The van der Waals surface area contributed by atoms with E-state index in [1.54, 1.807) is 0 Å². The molecule has 20 heavy (non-hydrogen) atoms. The van der Waals surface area contributed by atoms with Crippen molar-refractivity contribution in [2.24, 2.45) is 5.73 Å². The Bertz CT molecular complexity index is 526. The van der Waals surface area contributed by atoms with Gasteiger partial charge in [-0.2, -0.15) is 0 Å². The minimum absolute atomic E-state index is 0.109. The van der Waals surface area contributed by atoms with E-state index in [-0.39, 0.29) is 17.1 Å². The Morgan fingerprint density at radius 1 is 1.10 bits per heavy atom. The zero-order valence-corrected chi connectivity index (χ0v) is 12.0. The molecule has 0 unspecified atom stereocenters. The fourth-order valence-electron chi connectivity index (χ4n) is 1.68. The molecule has 0 atom stereocenters. The summed E-state index contributed by atoms with van der Waals surface area (Å²) in [5.41, 5.74) is 5.36. The van der Waals surface area contributed by atoms with Crippen LogP contribution < -0.4 is 10.5 Å². The number of carbonyl (C=O) groups excluding carboxylic acids is 1. The van der Waals surface area contributed by atoms with Gasteiger partial charge in [-0.05, 0) is 37.1 Å². The van der Waals surface area contributed by atoms with Crippen LogP contribution in [0.4, 0.5) is 0 Å². The van der Waals surface area contributed by atoms with Crippen molar-refractivity contribution in [2.75, 3.05) is 13.2 Å². The van der Waals surface area contributed by atoms with E-state index in [0.717, 1.165) is 25.7 Å². The van der Waals surface area contributed by atoms with Gasteiger partial charge < -0.3 is 10.8 Å². The van der Waals surface area contributed by atoms with Gasteiger partial charge in [0.05, 0.1) is 4.90 Å². The molecule has 0 spiro atoms. The minimum Gasteiger partial charge on any atom is -0.396 e. The van der Waals surface area contributed by atoms with Crippen molar-refractivity contribution < 1.29 is 18.3 Å². The Hall–Kier alpha value is -1.44. The maximum atomic E-state index is 11.9. The lowest BCUT2D eigenvalue weighted by Gasteiger charge is -2.07. The second-order valence-corrected chi connectivity index (χ2v) is 6.19. The predicted octanol–water partition coefficient (Wildman–Crippen LogP) is 0.616. The summed E-state index contributed by atoms with van der Waals surface area (Å²) >= 11 is 0. The number of amides is 1. The van der Waals surface area contributed by atoms with Crippen molar-refractivity contribution in [2.45, 2.75) is 30.6 Å². The van der Waals surface area contributed by atoms with Gasteiger partial charge in [-0.1, -0.05) is 12.8 Å². The lowest BCUT2D eigenvalue weighted by Crippen LogP contribution is -2.25. The van der Waals surface area contributed by atoms with Gasteiger partial charge in [0.25, 0.3) is 0 Å². The van der Waals surface area contributed by atoms with Crippen LogP contribution in [0.2, 0.25) is 0 Å². The number of rotatable bonds is 9. The maximum Gasteiger partial charge on any atom is 0.248 e. The van der Waals surface area contributed by atoms with Crippen LogP contribution in [0.25, 0.3) is 0 Å². The van der Waals surface area contributed by atoms with Gasteiger partial charge in [-0.15, -0.1) is 0 Å². The second kappa shape index (κ2) is 7.98. The molecule has 0 fully saturated rings. The zero-order valence-electron chi connectivity index (χ0n) is 11.2. The number of carbonyl (C=O) groups is 1. The second-order valence-electron chi connectivity index (χ2n) is 4.42. The molecule has 4 N–H and O–H groups in total. The topological polar surface area (TPSA) is 109 Å². The van der Waals surface area contributed by atoms with Gasteiger partial charge >= 0.3 is 0 Å². The van der Waals surface area contributed by atoms with Crippen LogP contribution >= 0.6 is 0 Å². The zero-order chi connectivity index (χ0) is 15.0. The first kappa shape index (κ1) is 16.6. The summed E-state index contributed by atoms with van der Waals surface area (Å²) in [6.07, 6.45) is 3.20. The lowest BCUT2D eigenvalue weighted by molar-refractivity contribution is 0.1000. The highest BCUT2D eigenvalue weighted by Crippen LogP contribution is 2.10. The fraction of sp³-hybridized carbons (Fsp3) is 0.462. The summed E-state index contributed by atoms with van der Waals surface area (Å²) in [6, 6.07) is 5.48. The molecule has 0 aliphatic heterocycles. The molecule has 0 saturated heterocycles. The molecule has 0 aliphatic rings. The number of aliphatic hydroxyl groups is 1. The number of hydrogen-bond donors (Lipinski definition) is 3. The molecule has 7 heteroatoms. The van der Waals surface area contributed by atoms with Gasteiger partial charge in [-0.25, -0.2) is 13.1 Å². The number of sulfonamides is 1. The van der Waals surface area contributed by atoms with E-state index in [4.69, 9.17) is 10.8 Å². The van der Waals surface area contributed by atoms with Crippen molar-refractivity contribution in [3.63, 3.8) is 0 Å². The van der Waals surface area contributed by atoms with E-state index >= 15 is 0 Å². The molecule has 1 rings (SSSR count). The quantitative estimate of drug-likeness (QED) is 0.581. The van der Waals surface area contributed by atoms with Crippen molar-refractivity contribution in [3.8, 4) is 0 Å². The Morgan fingerprint density at radius 2 is 1.70 bits per heavy atom. The number of nitrogens with one attached hydrogen (secondary N) is 1. The van der Waals surface area contributed by atoms with Crippen molar-refractivity contribution in [1.82, 2.24) is 4.72 Å². The van der Waals surface area contributed by atoms with Crippen LogP contribution in [-0.4, -0.2) is 32.6 Å². The van der Waals surface area contributed by atoms with Gasteiger partial charge in [0.1, 0.15) is 0 Å². The summed E-state index contributed by atoms with van der Waals surface area (Å²) < 4.78 is 26.4. The van der Waals surface area contributed by atoms with E-state index in [1.165, 1.54) is 24.3 Å². The molecule has 1 aromatic carbocycles. The Morgan fingerprint density at radius 3 is 2.25 bits per heavy atom. The highest BCUT2D eigenvalue weighted by Gasteiger charge is 2.13. The van der Waals surface area contributed by atoms with Gasteiger partial charge in [-0.3, -0.25) is 4.79 Å². The SMILES string of the molecule is NC(=O)c1ccc(S(=O)(=O)NCCCCCCO)cc1. The number of nitrogens with two attached hydrogens (primary N) is 1. The number of benzene rings is 1. The van der Waals surface area contributed by atoms with Crippen LogP contribution in [-0.2, 0) is 10.0 Å². The molecular formula is C13H20N2O4S. The van der Waals surface area contributed by atoms with Crippen LogP contribution in [0.15, 0.2) is 29.2 Å². The highest BCUT2D eigenvalue weighted by molar-refractivity contribution is 7.89. The summed E-state index contributed by atoms with van der Waals surface area (Å²) in [5.74, 6) is -0.592. The third kappa shape index (κ3) is 5.28. The molecule has 0 radical (unpaired) electrons. The van der Waals surface area contributed by atoms with Crippen LogP contribution in [0.1, 0.15) is 36.0 Å². The molecule has 0 saturated carbocycles. The highest BCUT2D eigenvalue weighted by atomic mass is 32.2. The first-order chi connectivity index (χ1) is 9.47. The Balaban J connectivity index is 2.49. The minimum atomic E-state index is -3.55. The van der Waals surface area contributed by atoms with E-state index < -0.39 is 15.9 Å². The number of primary amides is 1. The summed E-state index contributed by atoms with van der Waals surface area (Å²) in [6.45, 7) is 0.517. The molecule has 0 aromatic heterocycles. The fourth-order valence-corrected chi connectivity index (χ4v) is 2.75. The first-order valence-electron chi connectivity index (χ1n) is 6.48. The van der Waals surface area contributed by atoms with Crippen LogP contribution in [0.3, 0.4) is 0 Å². The van der Waals surface area contributed by atoms with Crippen molar-refractivity contribution in [3.05, 3.63) is 29.8 Å². The largest absolute Gasteiger partial charge is 0.396 e. The van der Waals surface area contributed by atoms with E-state index in [9.17, 15) is 13.2 Å². The van der Waals surface area contributed by atoms with Gasteiger partial charge in [0.15, 0.2) is 0 Å².